The number of aromatic nitrogens is 1. The lowest BCUT2D eigenvalue weighted by Crippen LogP contribution is -2.43. The molecule has 3 heterocycles. The first-order valence-corrected chi connectivity index (χ1v) is 14.7. The van der Waals surface area contributed by atoms with Gasteiger partial charge in [-0.25, -0.2) is 12.8 Å². The van der Waals surface area contributed by atoms with Crippen molar-refractivity contribution in [3.05, 3.63) is 47.1 Å². The molecule has 2 fully saturated rings. The SMILES string of the molecule is Cc1noc(C=Cc2ccccc2F)c1S(=O)(=O)N1CCC(C(=O)NCCCN2CCCCCC2)CC1. The Morgan fingerprint density at radius 2 is 1.81 bits per heavy atom. The maximum absolute atomic E-state index is 14.0. The number of halogens is 1. The Bertz CT molecular complexity index is 1180. The quantitative estimate of drug-likeness (QED) is 0.489. The topological polar surface area (TPSA) is 95.8 Å². The Hall–Kier alpha value is -2.56. The van der Waals surface area contributed by atoms with Crippen molar-refractivity contribution in [2.75, 3.05) is 39.3 Å². The number of nitrogens with zero attached hydrogens (tertiary/aromatic N) is 3. The second-order valence-electron chi connectivity index (χ2n) is 9.90. The van der Waals surface area contributed by atoms with Crippen LogP contribution >= 0.6 is 0 Å². The summed E-state index contributed by atoms with van der Waals surface area (Å²) in [5, 5.41) is 6.89. The van der Waals surface area contributed by atoms with Crippen molar-refractivity contribution in [1.29, 1.82) is 0 Å². The molecule has 1 N–H and O–H groups in total. The zero-order valence-corrected chi connectivity index (χ0v) is 22.3. The zero-order valence-electron chi connectivity index (χ0n) is 21.5. The number of benzene rings is 1. The van der Waals surface area contributed by atoms with Gasteiger partial charge in [-0.1, -0.05) is 36.2 Å². The van der Waals surface area contributed by atoms with E-state index in [9.17, 15) is 17.6 Å². The van der Waals surface area contributed by atoms with Crippen molar-refractivity contribution in [2.45, 2.75) is 56.8 Å². The highest BCUT2D eigenvalue weighted by Crippen LogP contribution is 2.29. The standard InChI is InChI=1S/C27H37FN4O4S/c1-21-26(25(36-30-21)12-11-22-9-4-5-10-24(22)28)37(34,35)32-19-13-23(14-20-32)27(33)29-15-8-18-31-16-6-2-3-7-17-31/h4-5,9-12,23H,2-3,6-8,13-20H2,1H3,(H,29,33). The van der Waals surface area contributed by atoms with Gasteiger partial charge in [-0.05, 0) is 76.9 Å². The minimum absolute atomic E-state index is 0.00239. The van der Waals surface area contributed by atoms with E-state index in [0.29, 0.717) is 24.9 Å². The summed E-state index contributed by atoms with van der Waals surface area (Å²) >= 11 is 0. The molecule has 202 valence electrons. The molecule has 1 aromatic carbocycles. The van der Waals surface area contributed by atoms with Gasteiger partial charge in [0, 0.05) is 31.1 Å². The van der Waals surface area contributed by atoms with E-state index in [1.54, 1.807) is 25.1 Å². The minimum atomic E-state index is -3.89. The summed E-state index contributed by atoms with van der Waals surface area (Å²) in [5.74, 6) is -0.553. The van der Waals surface area contributed by atoms with Gasteiger partial charge in [0.2, 0.25) is 15.9 Å². The number of carbonyl (C=O) groups is 1. The Morgan fingerprint density at radius 3 is 2.51 bits per heavy atom. The molecule has 2 aromatic rings. The fourth-order valence-corrected chi connectivity index (χ4v) is 6.80. The summed E-state index contributed by atoms with van der Waals surface area (Å²) in [4.78, 5) is 15.2. The summed E-state index contributed by atoms with van der Waals surface area (Å²) in [6.45, 7) is 6.00. The third-order valence-corrected chi connectivity index (χ3v) is 9.28. The number of hydrogen-bond donors (Lipinski definition) is 1. The molecule has 10 heteroatoms. The van der Waals surface area contributed by atoms with Crippen LogP contribution in [0.4, 0.5) is 4.39 Å². The molecule has 2 aliphatic heterocycles. The molecule has 37 heavy (non-hydrogen) atoms. The largest absolute Gasteiger partial charge is 0.356 e. The van der Waals surface area contributed by atoms with Crippen LogP contribution in [0.15, 0.2) is 33.7 Å². The number of amides is 1. The molecule has 0 radical (unpaired) electrons. The highest BCUT2D eigenvalue weighted by molar-refractivity contribution is 7.89. The summed E-state index contributed by atoms with van der Waals surface area (Å²) in [5.41, 5.74) is 0.565. The van der Waals surface area contributed by atoms with Crippen LogP contribution in [-0.4, -0.2) is 68.0 Å². The van der Waals surface area contributed by atoms with Gasteiger partial charge < -0.3 is 14.7 Å². The van der Waals surface area contributed by atoms with Crippen LogP contribution in [0.25, 0.3) is 12.2 Å². The van der Waals surface area contributed by atoms with E-state index in [4.69, 9.17) is 4.52 Å². The van der Waals surface area contributed by atoms with Gasteiger partial charge >= 0.3 is 0 Å². The molecule has 0 aliphatic carbocycles. The van der Waals surface area contributed by atoms with Crippen molar-refractivity contribution in [3.8, 4) is 0 Å². The van der Waals surface area contributed by atoms with Crippen LogP contribution in [-0.2, 0) is 14.8 Å². The average molecular weight is 533 g/mol. The molecular formula is C27H37FN4O4S. The van der Waals surface area contributed by atoms with Gasteiger partial charge in [0.15, 0.2) is 10.7 Å². The van der Waals surface area contributed by atoms with Crippen molar-refractivity contribution >= 4 is 28.1 Å². The summed E-state index contributed by atoms with van der Waals surface area (Å²) in [6, 6.07) is 6.21. The van der Waals surface area contributed by atoms with Gasteiger partial charge in [0.1, 0.15) is 11.5 Å². The first kappa shape index (κ1) is 27.5. The number of rotatable bonds is 9. The monoisotopic (exact) mass is 532 g/mol. The van der Waals surface area contributed by atoms with E-state index in [2.05, 4.69) is 15.4 Å². The molecule has 0 saturated carbocycles. The second-order valence-corrected chi connectivity index (χ2v) is 11.8. The number of sulfonamides is 1. The molecule has 4 rings (SSSR count). The highest BCUT2D eigenvalue weighted by atomic mass is 32.2. The number of piperidine rings is 1. The number of nitrogens with one attached hydrogen (secondary N) is 1. The molecular weight excluding hydrogens is 495 g/mol. The molecule has 2 saturated heterocycles. The molecule has 8 nitrogen and oxygen atoms in total. The fraction of sp³-hybridized carbons (Fsp3) is 0.556. The molecule has 0 atom stereocenters. The third kappa shape index (κ3) is 7.06. The molecule has 2 aliphatic rings. The summed E-state index contributed by atoms with van der Waals surface area (Å²) in [7, 11) is -3.89. The van der Waals surface area contributed by atoms with Crippen LogP contribution in [0.5, 0.6) is 0 Å². The van der Waals surface area contributed by atoms with E-state index < -0.39 is 15.8 Å². The zero-order chi connectivity index (χ0) is 26.3. The maximum atomic E-state index is 14.0. The van der Waals surface area contributed by atoms with Crippen LogP contribution in [0.1, 0.15) is 62.0 Å². The lowest BCUT2D eigenvalue weighted by Gasteiger charge is -2.30. The van der Waals surface area contributed by atoms with Crippen LogP contribution < -0.4 is 5.32 Å². The summed E-state index contributed by atoms with van der Waals surface area (Å²) in [6.07, 6.45) is 9.87. The molecule has 1 amide bonds. The second kappa shape index (κ2) is 12.8. The number of carbonyl (C=O) groups excluding carboxylic acids is 1. The van der Waals surface area contributed by atoms with Crippen molar-refractivity contribution < 1.29 is 22.1 Å². The minimum Gasteiger partial charge on any atom is -0.356 e. The normalized spacial score (nSPS) is 18.8. The first-order chi connectivity index (χ1) is 17.9. The molecule has 0 unspecified atom stereocenters. The van der Waals surface area contributed by atoms with Crippen LogP contribution in [0.2, 0.25) is 0 Å². The lowest BCUT2D eigenvalue weighted by atomic mass is 9.97. The smallest absolute Gasteiger partial charge is 0.248 e. The van der Waals surface area contributed by atoms with Crippen molar-refractivity contribution in [2.24, 2.45) is 5.92 Å². The van der Waals surface area contributed by atoms with Crippen LogP contribution in [0.3, 0.4) is 0 Å². The Morgan fingerprint density at radius 1 is 1.11 bits per heavy atom. The Labute approximate surface area is 218 Å². The molecule has 0 spiro atoms. The van der Waals surface area contributed by atoms with Gasteiger partial charge in [-0.15, -0.1) is 0 Å². The Kier molecular flexibility index (Phi) is 9.50. The predicted octanol–water partition coefficient (Wildman–Crippen LogP) is 4.08. The van der Waals surface area contributed by atoms with E-state index >= 15 is 0 Å². The van der Waals surface area contributed by atoms with E-state index in [1.165, 1.54) is 48.2 Å². The van der Waals surface area contributed by atoms with Gasteiger partial charge in [0.05, 0.1) is 0 Å². The van der Waals surface area contributed by atoms with Crippen molar-refractivity contribution in [3.63, 3.8) is 0 Å². The highest BCUT2D eigenvalue weighted by Gasteiger charge is 2.35. The first-order valence-electron chi connectivity index (χ1n) is 13.3. The number of hydrogen-bond acceptors (Lipinski definition) is 6. The van der Waals surface area contributed by atoms with Gasteiger partial charge in [-0.2, -0.15) is 4.31 Å². The lowest BCUT2D eigenvalue weighted by molar-refractivity contribution is -0.126. The van der Waals surface area contributed by atoms with Gasteiger partial charge in [-0.3, -0.25) is 4.79 Å². The third-order valence-electron chi connectivity index (χ3n) is 7.22. The molecule has 0 bridgehead atoms. The van der Waals surface area contributed by atoms with Gasteiger partial charge in [0.25, 0.3) is 0 Å². The number of likely N-dealkylation sites (tertiary alicyclic amines) is 1. The summed E-state index contributed by atoms with van der Waals surface area (Å²) < 4.78 is 47.5. The predicted molar refractivity (Wildman–Crippen MR) is 141 cm³/mol. The van der Waals surface area contributed by atoms with Crippen LogP contribution in [0, 0.1) is 18.7 Å². The number of aryl methyl sites for hydroxylation is 1. The van der Waals surface area contributed by atoms with E-state index in [-0.39, 0.29) is 41.3 Å². The van der Waals surface area contributed by atoms with Crippen molar-refractivity contribution in [1.82, 2.24) is 19.7 Å². The van der Waals surface area contributed by atoms with E-state index in [1.807, 2.05) is 0 Å². The Balaban J connectivity index is 1.30. The fourth-order valence-electron chi connectivity index (χ4n) is 5.08. The molecule has 1 aromatic heterocycles. The average Bonchev–Trinajstić information content (AvgIpc) is 3.09. The maximum Gasteiger partial charge on any atom is 0.248 e. The van der Waals surface area contributed by atoms with E-state index in [0.717, 1.165) is 26.1 Å².